The molecule has 1 atom stereocenters. The van der Waals surface area contributed by atoms with Crippen molar-refractivity contribution in [3.63, 3.8) is 0 Å². The van der Waals surface area contributed by atoms with Crippen LogP contribution in [0.2, 0.25) is 0 Å². The van der Waals surface area contributed by atoms with Crippen LogP contribution in [-0.2, 0) is 14.3 Å². The normalized spacial score (nSPS) is 11.7. The van der Waals surface area contributed by atoms with Crippen LogP contribution in [-0.4, -0.2) is 30.4 Å². The maximum atomic E-state index is 12.8. The van der Waals surface area contributed by atoms with Crippen molar-refractivity contribution >= 4 is 23.5 Å². The summed E-state index contributed by atoms with van der Waals surface area (Å²) >= 11 is 0. The molecule has 138 valence electrons. The van der Waals surface area contributed by atoms with Gasteiger partial charge in [-0.3, -0.25) is 9.59 Å². The van der Waals surface area contributed by atoms with E-state index in [1.807, 2.05) is 0 Å². The number of carbonyl (C=O) groups excluding carboxylic acids is 3. The van der Waals surface area contributed by atoms with Crippen molar-refractivity contribution in [2.24, 2.45) is 5.92 Å². The molecule has 0 aliphatic carbocycles. The summed E-state index contributed by atoms with van der Waals surface area (Å²) in [5.41, 5.74) is 0.374. The van der Waals surface area contributed by atoms with E-state index in [0.717, 1.165) is 0 Å². The molecule has 0 radical (unpaired) electrons. The number of benzene rings is 1. The lowest BCUT2D eigenvalue weighted by molar-refractivity contribution is -0.150. The number of hydrogen-bond donors (Lipinski definition) is 2. The second kappa shape index (κ2) is 8.80. The van der Waals surface area contributed by atoms with Gasteiger partial charge in [-0.05, 0) is 42.3 Å². The Morgan fingerprint density at radius 2 is 1.85 bits per heavy atom. The average Bonchev–Trinajstić information content (AvgIpc) is 3.14. The van der Waals surface area contributed by atoms with Crippen molar-refractivity contribution in [3.05, 3.63) is 54.2 Å². The predicted molar refractivity (Wildman–Crippen MR) is 90.8 cm³/mol. The van der Waals surface area contributed by atoms with E-state index in [1.165, 1.54) is 36.6 Å². The summed E-state index contributed by atoms with van der Waals surface area (Å²) in [5, 5.41) is 4.99. The van der Waals surface area contributed by atoms with Gasteiger partial charge in [0.15, 0.2) is 12.4 Å². The molecule has 0 aliphatic heterocycles. The van der Waals surface area contributed by atoms with Gasteiger partial charge in [0.25, 0.3) is 11.8 Å². The zero-order valence-electron chi connectivity index (χ0n) is 14.3. The van der Waals surface area contributed by atoms with E-state index in [1.54, 1.807) is 19.9 Å². The molecule has 0 saturated carbocycles. The third kappa shape index (κ3) is 5.44. The minimum Gasteiger partial charge on any atom is -0.459 e. The van der Waals surface area contributed by atoms with Crippen molar-refractivity contribution < 1.29 is 27.9 Å². The first-order valence-corrected chi connectivity index (χ1v) is 7.93. The topological polar surface area (TPSA) is 97.6 Å². The number of hydrogen-bond acceptors (Lipinski definition) is 5. The molecule has 8 heteroatoms. The van der Waals surface area contributed by atoms with E-state index in [-0.39, 0.29) is 11.7 Å². The maximum absolute atomic E-state index is 12.8. The summed E-state index contributed by atoms with van der Waals surface area (Å²) in [6, 6.07) is 7.24. The zero-order valence-corrected chi connectivity index (χ0v) is 14.3. The highest BCUT2D eigenvalue weighted by Gasteiger charge is 2.27. The van der Waals surface area contributed by atoms with Gasteiger partial charge < -0.3 is 19.8 Å². The minimum absolute atomic E-state index is 0.0671. The van der Waals surface area contributed by atoms with E-state index in [9.17, 15) is 18.8 Å². The SMILES string of the molecule is CC(C)C(NC(=O)c1ccco1)C(=O)OCC(=O)Nc1ccc(F)cc1. The molecule has 0 fully saturated rings. The van der Waals surface area contributed by atoms with Crippen molar-refractivity contribution in [2.75, 3.05) is 11.9 Å². The molecule has 0 bridgehead atoms. The number of carbonyl (C=O) groups is 3. The molecule has 2 amide bonds. The number of ether oxygens (including phenoxy) is 1. The highest BCUT2D eigenvalue weighted by molar-refractivity contribution is 5.96. The second-order valence-corrected chi connectivity index (χ2v) is 5.84. The Labute approximate surface area is 149 Å². The lowest BCUT2D eigenvalue weighted by Crippen LogP contribution is -2.45. The standard InChI is InChI=1S/C18H19FN2O5/c1-11(2)16(21-17(23)14-4-3-9-25-14)18(24)26-10-15(22)20-13-7-5-12(19)6-8-13/h3-9,11,16H,10H2,1-2H3,(H,20,22)(H,21,23). The van der Waals surface area contributed by atoms with Crippen molar-refractivity contribution in [1.29, 1.82) is 0 Å². The highest BCUT2D eigenvalue weighted by Crippen LogP contribution is 2.09. The number of esters is 1. The van der Waals surface area contributed by atoms with Crippen LogP contribution in [0.4, 0.5) is 10.1 Å². The van der Waals surface area contributed by atoms with Crippen molar-refractivity contribution in [1.82, 2.24) is 5.32 Å². The Morgan fingerprint density at radius 1 is 1.15 bits per heavy atom. The molecule has 1 unspecified atom stereocenters. The number of halogens is 1. The number of furan rings is 1. The summed E-state index contributed by atoms with van der Waals surface area (Å²) in [4.78, 5) is 36.0. The molecule has 1 aromatic carbocycles. The van der Waals surface area contributed by atoms with E-state index in [4.69, 9.17) is 9.15 Å². The number of anilines is 1. The number of rotatable bonds is 7. The van der Waals surface area contributed by atoms with E-state index < -0.39 is 36.2 Å². The molecule has 7 nitrogen and oxygen atoms in total. The highest BCUT2D eigenvalue weighted by atomic mass is 19.1. The molecular formula is C18H19FN2O5. The fourth-order valence-corrected chi connectivity index (χ4v) is 2.07. The van der Waals surface area contributed by atoms with Gasteiger partial charge >= 0.3 is 5.97 Å². The zero-order chi connectivity index (χ0) is 19.1. The maximum Gasteiger partial charge on any atom is 0.329 e. The summed E-state index contributed by atoms with van der Waals surface area (Å²) in [5.74, 6) is -2.50. The Bertz CT molecular complexity index is 756. The molecular weight excluding hydrogens is 343 g/mol. The minimum atomic E-state index is -0.939. The Hall–Kier alpha value is -3.16. The molecule has 2 rings (SSSR count). The molecule has 2 aromatic rings. The first-order valence-electron chi connectivity index (χ1n) is 7.93. The third-order valence-electron chi connectivity index (χ3n) is 3.43. The largest absolute Gasteiger partial charge is 0.459 e. The fraction of sp³-hybridized carbons (Fsp3) is 0.278. The lowest BCUT2D eigenvalue weighted by atomic mass is 10.0. The van der Waals surface area contributed by atoms with Crippen LogP contribution in [0.1, 0.15) is 24.4 Å². The van der Waals surface area contributed by atoms with Crippen LogP contribution in [0.25, 0.3) is 0 Å². The molecule has 0 spiro atoms. The van der Waals surface area contributed by atoms with Crippen LogP contribution >= 0.6 is 0 Å². The van der Waals surface area contributed by atoms with Crippen LogP contribution < -0.4 is 10.6 Å². The van der Waals surface area contributed by atoms with Crippen LogP contribution in [0.3, 0.4) is 0 Å². The van der Waals surface area contributed by atoms with E-state index in [2.05, 4.69) is 10.6 Å². The van der Waals surface area contributed by atoms with Crippen LogP contribution in [0.15, 0.2) is 47.1 Å². The van der Waals surface area contributed by atoms with Crippen LogP contribution in [0, 0.1) is 11.7 Å². The quantitative estimate of drug-likeness (QED) is 0.737. The predicted octanol–water partition coefficient (Wildman–Crippen LogP) is 2.36. The van der Waals surface area contributed by atoms with Gasteiger partial charge in [0, 0.05) is 5.69 Å². The van der Waals surface area contributed by atoms with E-state index in [0.29, 0.717) is 5.69 Å². The smallest absolute Gasteiger partial charge is 0.329 e. The molecule has 0 saturated heterocycles. The average molecular weight is 362 g/mol. The van der Waals surface area contributed by atoms with Gasteiger partial charge in [-0.15, -0.1) is 0 Å². The van der Waals surface area contributed by atoms with Gasteiger partial charge in [-0.1, -0.05) is 13.8 Å². The monoisotopic (exact) mass is 362 g/mol. The van der Waals surface area contributed by atoms with Gasteiger partial charge in [-0.25, -0.2) is 9.18 Å². The fourth-order valence-electron chi connectivity index (χ4n) is 2.07. The Kier molecular flexibility index (Phi) is 6.48. The molecule has 1 aromatic heterocycles. The van der Waals surface area contributed by atoms with Crippen molar-refractivity contribution in [2.45, 2.75) is 19.9 Å². The molecule has 0 aliphatic rings. The Morgan fingerprint density at radius 3 is 2.42 bits per heavy atom. The first-order chi connectivity index (χ1) is 12.4. The summed E-state index contributed by atoms with van der Waals surface area (Å²) in [6.07, 6.45) is 1.34. The van der Waals surface area contributed by atoms with E-state index >= 15 is 0 Å². The van der Waals surface area contributed by atoms with Gasteiger partial charge in [0.2, 0.25) is 0 Å². The third-order valence-corrected chi connectivity index (χ3v) is 3.43. The second-order valence-electron chi connectivity index (χ2n) is 5.84. The summed E-state index contributed by atoms with van der Waals surface area (Å²) < 4.78 is 22.8. The summed E-state index contributed by atoms with van der Waals surface area (Å²) in [6.45, 7) is 2.93. The summed E-state index contributed by atoms with van der Waals surface area (Å²) in [7, 11) is 0. The Balaban J connectivity index is 1.87. The lowest BCUT2D eigenvalue weighted by Gasteiger charge is -2.20. The molecule has 26 heavy (non-hydrogen) atoms. The molecule has 1 heterocycles. The number of amides is 2. The first kappa shape index (κ1) is 19.2. The molecule has 2 N–H and O–H groups in total. The van der Waals surface area contributed by atoms with Gasteiger partial charge in [0.05, 0.1) is 6.26 Å². The van der Waals surface area contributed by atoms with Gasteiger partial charge in [-0.2, -0.15) is 0 Å². The number of nitrogens with one attached hydrogen (secondary N) is 2. The van der Waals surface area contributed by atoms with Crippen molar-refractivity contribution in [3.8, 4) is 0 Å². The van der Waals surface area contributed by atoms with Gasteiger partial charge in [0.1, 0.15) is 11.9 Å². The van der Waals surface area contributed by atoms with Crippen LogP contribution in [0.5, 0.6) is 0 Å².